The molecule has 1 aromatic carbocycles. The van der Waals surface area contributed by atoms with Gasteiger partial charge in [0.05, 0.1) is 30.8 Å². The second kappa shape index (κ2) is 6.16. The van der Waals surface area contributed by atoms with Gasteiger partial charge in [-0.1, -0.05) is 0 Å². The summed E-state index contributed by atoms with van der Waals surface area (Å²) in [5.74, 6) is 1.79. The van der Waals surface area contributed by atoms with Crippen LogP contribution in [0.2, 0.25) is 0 Å². The lowest BCUT2D eigenvalue weighted by Gasteiger charge is -2.06. The molecule has 1 aromatic heterocycles. The maximum atomic E-state index is 10.8. The molecule has 0 bridgehead atoms. The van der Waals surface area contributed by atoms with Crippen LogP contribution in [0.1, 0.15) is 17.2 Å². The quantitative estimate of drug-likeness (QED) is 0.643. The molecular formula is C13H15N3O4. The Hall–Kier alpha value is -2.41. The van der Waals surface area contributed by atoms with Crippen LogP contribution in [0, 0.1) is 17.0 Å². The third-order valence-electron chi connectivity index (χ3n) is 2.67. The van der Waals surface area contributed by atoms with E-state index in [1.807, 2.05) is 6.92 Å². The molecule has 0 radical (unpaired) electrons. The molecule has 1 heterocycles. The van der Waals surface area contributed by atoms with Crippen LogP contribution in [-0.2, 0) is 13.1 Å². The first-order chi connectivity index (χ1) is 9.58. The minimum absolute atomic E-state index is 0.00752. The molecule has 7 nitrogen and oxygen atoms in total. The summed E-state index contributed by atoms with van der Waals surface area (Å²) in [7, 11) is 1.48. The molecule has 2 aromatic rings. The van der Waals surface area contributed by atoms with E-state index in [4.69, 9.17) is 9.15 Å². The molecule has 0 aliphatic heterocycles. The van der Waals surface area contributed by atoms with Gasteiger partial charge in [0, 0.05) is 12.6 Å². The molecular weight excluding hydrogens is 262 g/mol. The number of nitrogens with one attached hydrogen (secondary N) is 1. The molecule has 1 N–H and O–H groups in total. The number of hydrogen-bond acceptors (Lipinski definition) is 6. The highest BCUT2D eigenvalue weighted by Crippen LogP contribution is 2.22. The van der Waals surface area contributed by atoms with E-state index in [0.29, 0.717) is 24.7 Å². The Labute approximate surface area is 115 Å². The SMILES string of the molecule is COc1cc(CNCc2ncc(C)o2)cc([N+](=O)[O-])c1. The van der Waals surface area contributed by atoms with Gasteiger partial charge in [0.2, 0.25) is 5.89 Å². The maximum Gasteiger partial charge on any atom is 0.273 e. The summed E-state index contributed by atoms with van der Waals surface area (Å²) in [4.78, 5) is 14.4. The summed E-state index contributed by atoms with van der Waals surface area (Å²) in [6.45, 7) is 2.74. The zero-order valence-corrected chi connectivity index (χ0v) is 11.3. The van der Waals surface area contributed by atoms with Crippen molar-refractivity contribution in [1.29, 1.82) is 0 Å². The number of nitro benzene ring substituents is 1. The van der Waals surface area contributed by atoms with E-state index < -0.39 is 4.92 Å². The summed E-state index contributed by atoms with van der Waals surface area (Å²) in [5.41, 5.74) is 0.771. The highest BCUT2D eigenvalue weighted by molar-refractivity contribution is 5.42. The number of oxazole rings is 1. The summed E-state index contributed by atoms with van der Waals surface area (Å²) in [5, 5.41) is 13.9. The standard InChI is InChI=1S/C13H15N3O4/c1-9-6-15-13(20-9)8-14-7-10-3-11(16(17)18)5-12(4-10)19-2/h3-6,14H,7-8H2,1-2H3. The second-order valence-corrected chi connectivity index (χ2v) is 4.26. The number of ether oxygens (including phenoxy) is 1. The Balaban J connectivity index is 2.01. The van der Waals surface area contributed by atoms with Crippen LogP contribution in [0.4, 0.5) is 5.69 Å². The van der Waals surface area contributed by atoms with E-state index in [0.717, 1.165) is 11.3 Å². The third kappa shape index (κ3) is 3.55. The number of aromatic nitrogens is 1. The van der Waals surface area contributed by atoms with Gasteiger partial charge in [0.1, 0.15) is 11.5 Å². The molecule has 0 fully saturated rings. The molecule has 0 amide bonds. The summed E-state index contributed by atoms with van der Waals surface area (Å²) in [6.07, 6.45) is 1.65. The van der Waals surface area contributed by atoms with Crippen molar-refractivity contribution in [2.24, 2.45) is 0 Å². The smallest absolute Gasteiger partial charge is 0.273 e. The average molecular weight is 277 g/mol. The predicted molar refractivity (Wildman–Crippen MR) is 71.4 cm³/mol. The molecule has 20 heavy (non-hydrogen) atoms. The first-order valence-corrected chi connectivity index (χ1v) is 6.03. The summed E-state index contributed by atoms with van der Waals surface area (Å²) >= 11 is 0. The van der Waals surface area contributed by atoms with E-state index in [1.54, 1.807) is 12.3 Å². The Morgan fingerprint density at radius 1 is 1.40 bits per heavy atom. The van der Waals surface area contributed by atoms with Crippen LogP contribution >= 0.6 is 0 Å². The normalized spacial score (nSPS) is 10.5. The lowest BCUT2D eigenvalue weighted by molar-refractivity contribution is -0.385. The average Bonchev–Trinajstić information content (AvgIpc) is 2.84. The molecule has 0 saturated heterocycles. The van der Waals surface area contributed by atoms with Gasteiger partial charge in [-0.2, -0.15) is 0 Å². The molecule has 0 unspecified atom stereocenters. The summed E-state index contributed by atoms with van der Waals surface area (Å²) in [6, 6.07) is 4.65. The van der Waals surface area contributed by atoms with Crippen LogP contribution < -0.4 is 10.1 Å². The van der Waals surface area contributed by atoms with Gasteiger partial charge in [0.25, 0.3) is 5.69 Å². The fourth-order valence-corrected chi connectivity index (χ4v) is 1.77. The van der Waals surface area contributed by atoms with E-state index in [-0.39, 0.29) is 5.69 Å². The van der Waals surface area contributed by atoms with Gasteiger partial charge in [-0.15, -0.1) is 0 Å². The van der Waals surface area contributed by atoms with Gasteiger partial charge in [-0.3, -0.25) is 10.1 Å². The Kier molecular flexibility index (Phi) is 4.31. The molecule has 0 atom stereocenters. The zero-order valence-electron chi connectivity index (χ0n) is 11.3. The number of hydrogen-bond donors (Lipinski definition) is 1. The predicted octanol–water partition coefficient (Wildman–Crippen LogP) is 2.19. The fourth-order valence-electron chi connectivity index (χ4n) is 1.77. The number of benzene rings is 1. The van der Waals surface area contributed by atoms with Gasteiger partial charge >= 0.3 is 0 Å². The Morgan fingerprint density at radius 3 is 2.80 bits per heavy atom. The lowest BCUT2D eigenvalue weighted by Crippen LogP contribution is -2.13. The zero-order chi connectivity index (χ0) is 14.5. The molecule has 7 heteroatoms. The van der Waals surface area contributed by atoms with Crippen molar-refractivity contribution in [2.75, 3.05) is 7.11 Å². The maximum absolute atomic E-state index is 10.8. The van der Waals surface area contributed by atoms with E-state index in [2.05, 4.69) is 10.3 Å². The third-order valence-corrected chi connectivity index (χ3v) is 2.67. The number of non-ortho nitro benzene ring substituents is 1. The largest absolute Gasteiger partial charge is 0.496 e. The van der Waals surface area contributed by atoms with Crippen molar-refractivity contribution in [3.05, 3.63) is 51.7 Å². The van der Waals surface area contributed by atoms with E-state index in [9.17, 15) is 10.1 Å². The minimum Gasteiger partial charge on any atom is -0.496 e. The highest BCUT2D eigenvalue weighted by Gasteiger charge is 2.10. The van der Waals surface area contributed by atoms with Crippen LogP contribution in [0.25, 0.3) is 0 Å². The number of nitrogens with zero attached hydrogens (tertiary/aromatic N) is 2. The lowest BCUT2D eigenvalue weighted by atomic mass is 10.2. The monoisotopic (exact) mass is 277 g/mol. The summed E-state index contributed by atoms with van der Waals surface area (Å²) < 4.78 is 10.4. The van der Waals surface area contributed by atoms with Gasteiger partial charge in [-0.05, 0) is 18.6 Å². The number of rotatable bonds is 6. The fraction of sp³-hybridized carbons (Fsp3) is 0.308. The van der Waals surface area contributed by atoms with Crippen molar-refractivity contribution in [1.82, 2.24) is 10.3 Å². The van der Waals surface area contributed by atoms with Crippen molar-refractivity contribution >= 4 is 5.69 Å². The Bertz CT molecular complexity index is 609. The Morgan fingerprint density at radius 2 is 2.20 bits per heavy atom. The van der Waals surface area contributed by atoms with Crippen molar-refractivity contribution in [3.63, 3.8) is 0 Å². The van der Waals surface area contributed by atoms with Crippen LogP contribution in [0.3, 0.4) is 0 Å². The molecule has 106 valence electrons. The van der Waals surface area contributed by atoms with Crippen LogP contribution in [0.15, 0.2) is 28.8 Å². The van der Waals surface area contributed by atoms with Crippen molar-refractivity contribution in [3.8, 4) is 5.75 Å². The molecule has 2 rings (SSSR count). The molecule has 0 saturated carbocycles. The first kappa shape index (κ1) is 14.0. The van der Waals surface area contributed by atoms with Crippen LogP contribution in [-0.4, -0.2) is 17.0 Å². The molecule has 0 spiro atoms. The van der Waals surface area contributed by atoms with Crippen LogP contribution in [0.5, 0.6) is 5.75 Å². The van der Waals surface area contributed by atoms with Gasteiger partial charge < -0.3 is 14.5 Å². The second-order valence-electron chi connectivity index (χ2n) is 4.26. The molecule has 0 aliphatic carbocycles. The highest BCUT2D eigenvalue weighted by atomic mass is 16.6. The number of nitro groups is 1. The number of aryl methyl sites for hydroxylation is 1. The van der Waals surface area contributed by atoms with E-state index in [1.165, 1.54) is 19.2 Å². The van der Waals surface area contributed by atoms with Gasteiger partial charge in [0.15, 0.2) is 0 Å². The van der Waals surface area contributed by atoms with Crippen molar-refractivity contribution < 1.29 is 14.1 Å². The number of methoxy groups -OCH3 is 1. The van der Waals surface area contributed by atoms with Crippen molar-refractivity contribution in [2.45, 2.75) is 20.0 Å². The van der Waals surface area contributed by atoms with E-state index >= 15 is 0 Å². The first-order valence-electron chi connectivity index (χ1n) is 6.03. The van der Waals surface area contributed by atoms with Gasteiger partial charge in [-0.25, -0.2) is 4.98 Å². The topological polar surface area (TPSA) is 90.4 Å². The minimum atomic E-state index is -0.441. The molecule has 0 aliphatic rings.